The van der Waals surface area contributed by atoms with Crippen LogP contribution in [0.5, 0.6) is 5.88 Å². The Morgan fingerprint density at radius 2 is 1.85 bits per heavy atom. The molecule has 4 nitrogen and oxygen atoms in total. The summed E-state index contributed by atoms with van der Waals surface area (Å²) in [4.78, 5) is 10.7. The molecule has 0 bridgehead atoms. The van der Waals surface area contributed by atoms with E-state index < -0.39 is 0 Å². The van der Waals surface area contributed by atoms with Gasteiger partial charge in [-0.1, -0.05) is 6.07 Å². The van der Waals surface area contributed by atoms with Crippen LogP contribution in [0.1, 0.15) is 18.4 Å². The number of hydrogen-bond acceptors (Lipinski definition) is 4. The number of anilines is 1. The number of piperidine rings is 1. The van der Waals surface area contributed by atoms with Crippen molar-refractivity contribution in [3.05, 3.63) is 48.4 Å². The van der Waals surface area contributed by atoms with Gasteiger partial charge in [-0.25, -0.2) is 4.98 Å². The third-order valence-corrected chi connectivity index (χ3v) is 3.64. The largest absolute Gasteiger partial charge is 0.474 e. The highest BCUT2D eigenvalue weighted by atomic mass is 16.5. The topological polar surface area (TPSA) is 38.2 Å². The van der Waals surface area contributed by atoms with E-state index in [2.05, 4.69) is 27.0 Å². The number of nitrogens with zero attached hydrogens (tertiary/aromatic N) is 3. The Bertz CT molecular complexity index is 533. The summed E-state index contributed by atoms with van der Waals surface area (Å²) < 4.78 is 5.94. The van der Waals surface area contributed by atoms with Crippen LogP contribution in [0.15, 0.2) is 42.9 Å². The number of rotatable bonds is 3. The van der Waals surface area contributed by atoms with Gasteiger partial charge in [0.05, 0.1) is 0 Å². The first-order valence-electron chi connectivity index (χ1n) is 7.05. The van der Waals surface area contributed by atoms with Crippen LogP contribution in [0.4, 0.5) is 5.69 Å². The maximum Gasteiger partial charge on any atom is 0.213 e. The maximum absolute atomic E-state index is 5.94. The van der Waals surface area contributed by atoms with Crippen molar-refractivity contribution in [1.82, 2.24) is 9.97 Å². The molecule has 0 atom stereocenters. The Morgan fingerprint density at radius 1 is 1.10 bits per heavy atom. The fourth-order valence-electron chi connectivity index (χ4n) is 2.48. The van der Waals surface area contributed by atoms with Gasteiger partial charge < -0.3 is 9.64 Å². The van der Waals surface area contributed by atoms with Gasteiger partial charge in [-0.15, -0.1) is 0 Å². The van der Waals surface area contributed by atoms with Crippen LogP contribution in [0.25, 0.3) is 0 Å². The quantitative estimate of drug-likeness (QED) is 0.859. The van der Waals surface area contributed by atoms with E-state index in [0.29, 0.717) is 0 Å². The minimum atomic E-state index is 0.267. The molecule has 3 rings (SSSR count). The summed E-state index contributed by atoms with van der Waals surface area (Å²) in [7, 11) is 0. The lowest BCUT2D eigenvalue weighted by atomic mass is 10.1. The molecule has 104 valence electrons. The zero-order valence-corrected chi connectivity index (χ0v) is 11.7. The highest BCUT2D eigenvalue weighted by Gasteiger charge is 2.20. The monoisotopic (exact) mass is 269 g/mol. The number of ether oxygens (including phenoxy) is 1. The summed E-state index contributed by atoms with van der Waals surface area (Å²) >= 11 is 0. The van der Waals surface area contributed by atoms with Crippen molar-refractivity contribution >= 4 is 5.69 Å². The first-order chi connectivity index (χ1) is 9.81. The molecule has 0 amide bonds. The minimum Gasteiger partial charge on any atom is -0.474 e. The minimum absolute atomic E-state index is 0.267. The number of pyridine rings is 2. The van der Waals surface area contributed by atoms with Crippen molar-refractivity contribution in [3.8, 4) is 5.88 Å². The predicted octanol–water partition coefficient (Wildman–Crippen LogP) is 2.83. The van der Waals surface area contributed by atoms with Crippen molar-refractivity contribution in [2.75, 3.05) is 18.0 Å². The van der Waals surface area contributed by atoms with E-state index in [9.17, 15) is 0 Å². The van der Waals surface area contributed by atoms with Crippen LogP contribution >= 0.6 is 0 Å². The molecule has 1 saturated heterocycles. The van der Waals surface area contributed by atoms with Crippen molar-refractivity contribution in [2.45, 2.75) is 25.9 Å². The van der Waals surface area contributed by atoms with E-state index in [1.807, 2.05) is 37.6 Å². The molecule has 1 fully saturated rings. The fourth-order valence-corrected chi connectivity index (χ4v) is 2.48. The van der Waals surface area contributed by atoms with Crippen LogP contribution in [-0.4, -0.2) is 29.2 Å². The van der Waals surface area contributed by atoms with Gasteiger partial charge in [-0.2, -0.15) is 0 Å². The van der Waals surface area contributed by atoms with Crippen LogP contribution < -0.4 is 9.64 Å². The lowest BCUT2D eigenvalue weighted by Crippen LogP contribution is -2.38. The molecule has 0 aliphatic carbocycles. The smallest absolute Gasteiger partial charge is 0.213 e. The Hall–Kier alpha value is -2.10. The zero-order valence-electron chi connectivity index (χ0n) is 11.7. The van der Waals surface area contributed by atoms with Gasteiger partial charge in [0.15, 0.2) is 0 Å². The zero-order chi connectivity index (χ0) is 13.8. The van der Waals surface area contributed by atoms with Gasteiger partial charge >= 0.3 is 0 Å². The molecule has 3 heterocycles. The van der Waals surface area contributed by atoms with Crippen LogP contribution in [0.3, 0.4) is 0 Å². The number of aromatic nitrogens is 2. The summed E-state index contributed by atoms with van der Waals surface area (Å²) in [6.45, 7) is 4.06. The van der Waals surface area contributed by atoms with E-state index in [-0.39, 0.29) is 6.10 Å². The number of hydrogen-bond donors (Lipinski definition) is 0. The van der Waals surface area contributed by atoms with Gasteiger partial charge in [0.2, 0.25) is 5.88 Å². The van der Waals surface area contributed by atoms with Gasteiger partial charge in [0.1, 0.15) is 6.10 Å². The average Bonchev–Trinajstić information content (AvgIpc) is 2.51. The maximum atomic E-state index is 5.94. The van der Waals surface area contributed by atoms with E-state index in [4.69, 9.17) is 4.74 Å². The van der Waals surface area contributed by atoms with Crippen molar-refractivity contribution in [3.63, 3.8) is 0 Å². The molecule has 0 unspecified atom stereocenters. The Kier molecular flexibility index (Phi) is 3.81. The second-order valence-electron chi connectivity index (χ2n) is 5.18. The first kappa shape index (κ1) is 12.9. The summed E-state index contributed by atoms with van der Waals surface area (Å²) in [5.41, 5.74) is 2.40. The summed E-state index contributed by atoms with van der Waals surface area (Å²) in [6, 6.07) is 8.10. The van der Waals surface area contributed by atoms with Crippen molar-refractivity contribution in [1.29, 1.82) is 0 Å². The molecule has 0 spiro atoms. The van der Waals surface area contributed by atoms with Crippen LogP contribution in [0.2, 0.25) is 0 Å². The number of aryl methyl sites for hydroxylation is 1. The SMILES string of the molecule is Cc1ccc(OC2CCN(c3ccncc3)CC2)nc1. The van der Waals surface area contributed by atoms with E-state index in [1.165, 1.54) is 5.69 Å². The predicted molar refractivity (Wildman–Crippen MR) is 79.1 cm³/mol. The van der Waals surface area contributed by atoms with Gasteiger partial charge in [0, 0.05) is 56.3 Å². The Labute approximate surface area is 119 Å². The van der Waals surface area contributed by atoms with Crippen LogP contribution in [0, 0.1) is 6.92 Å². The second kappa shape index (κ2) is 5.90. The molecule has 20 heavy (non-hydrogen) atoms. The summed E-state index contributed by atoms with van der Waals surface area (Å²) in [5, 5.41) is 0. The summed E-state index contributed by atoms with van der Waals surface area (Å²) in [5.74, 6) is 0.734. The Morgan fingerprint density at radius 3 is 2.50 bits per heavy atom. The summed E-state index contributed by atoms with van der Waals surface area (Å²) in [6.07, 6.45) is 7.85. The highest BCUT2D eigenvalue weighted by Crippen LogP contribution is 2.21. The molecule has 0 N–H and O–H groups in total. The molecule has 0 saturated carbocycles. The van der Waals surface area contributed by atoms with E-state index >= 15 is 0 Å². The first-order valence-corrected chi connectivity index (χ1v) is 7.05. The lowest BCUT2D eigenvalue weighted by molar-refractivity contribution is 0.164. The highest BCUT2D eigenvalue weighted by molar-refractivity contribution is 5.44. The Balaban J connectivity index is 1.55. The van der Waals surface area contributed by atoms with Crippen molar-refractivity contribution < 1.29 is 4.74 Å². The third kappa shape index (κ3) is 3.07. The standard InChI is InChI=1S/C16H19N3O/c1-13-2-3-16(18-12-13)20-15-6-10-19(11-7-15)14-4-8-17-9-5-14/h2-5,8-9,12,15H,6-7,10-11H2,1H3. The normalized spacial score (nSPS) is 16.1. The molecule has 0 radical (unpaired) electrons. The average molecular weight is 269 g/mol. The molecule has 1 aliphatic heterocycles. The molecule has 0 aromatic carbocycles. The molecular formula is C16H19N3O. The molecule has 1 aliphatic rings. The van der Waals surface area contributed by atoms with Gasteiger partial charge in [0.25, 0.3) is 0 Å². The molecule has 2 aromatic heterocycles. The van der Waals surface area contributed by atoms with Gasteiger partial charge in [-0.3, -0.25) is 4.98 Å². The van der Waals surface area contributed by atoms with Crippen molar-refractivity contribution in [2.24, 2.45) is 0 Å². The van der Waals surface area contributed by atoms with E-state index in [1.54, 1.807) is 0 Å². The van der Waals surface area contributed by atoms with Gasteiger partial charge in [-0.05, 0) is 24.6 Å². The second-order valence-corrected chi connectivity index (χ2v) is 5.18. The molecular weight excluding hydrogens is 250 g/mol. The fraction of sp³-hybridized carbons (Fsp3) is 0.375. The van der Waals surface area contributed by atoms with E-state index in [0.717, 1.165) is 37.4 Å². The lowest BCUT2D eigenvalue weighted by Gasteiger charge is -2.33. The van der Waals surface area contributed by atoms with Crippen LogP contribution in [-0.2, 0) is 0 Å². The molecule has 2 aromatic rings. The molecule has 4 heteroatoms. The third-order valence-electron chi connectivity index (χ3n) is 3.64.